The third-order valence-corrected chi connectivity index (χ3v) is 7.66. The van der Waals surface area contributed by atoms with Gasteiger partial charge in [0.2, 0.25) is 11.7 Å². The Hall–Kier alpha value is -5.37. The highest BCUT2D eigenvalue weighted by atomic mass is 16.5. The van der Waals surface area contributed by atoms with Crippen LogP contribution in [0.5, 0.6) is 17.2 Å². The van der Waals surface area contributed by atoms with E-state index in [-0.39, 0.29) is 17.9 Å². The van der Waals surface area contributed by atoms with Gasteiger partial charge < -0.3 is 19.5 Å². The molecule has 0 radical (unpaired) electrons. The molecule has 0 saturated carbocycles. The number of aromatic nitrogens is 1. The predicted octanol–water partition coefficient (Wildman–Crippen LogP) is 6.63. The summed E-state index contributed by atoms with van der Waals surface area (Å²) in [7, 11) is 4.57. The molecule has 5 aromatic rings. The van der Waals surface area contributed by atoms with Gasteiger partial charge in [0.05, 0.1) is 50.2 Å². The number of methoxy groups -OCH3 is 3. The maximum Gasteiger partial charge on any atom is 0.266 e. The van der Waals surface area contributed by atoms with Crippen LogP contribution in [0.4, 0.5) is 11.4 Å². The number of fused-ring (bicyclic) bond motifs is 3. The molecule has 6 rings (SSSR count). The van der Waals surface area contributed by atoms with Crippen molar-refractivity contribution in [1.82, 2.24) is 4.57 Å². The van der Waals surface area contributed by atoms with Gasteiger partial charge in [0.15, 0.2) is 11.5 Å². The summed E-state index contributed by atoms with van der Waals surface area (Å²) >= 11 is 0. The van der Waals surface area contributed by atoms with Crippen LogP contribution in [0.25, 0.3) is 27.7 Å². The molecule has 2 heterocycles. The number of ether oxygens (including phenoxy) is 3. The lowest BCUT2D eigenvalue weighted by Crippen LogP contribution is -2.29. The van der Waals surface area contributed by atoms with Crippen molar-refractivity contribution in [3.8, 4) is 34.1 Å². The van der Waals surface area contributed by atoms with Crippen LogP contribution < -0.4 is 25.1 Å². The van der Waals surface area contributed by atoms with Gasteiger partial charge in [0.1, 0.15) is 0 Å². The molecular weight excluding hydrogens is 542 g/mol. The first kappa shape index (κ1) is 27.8. The molecular formula is C35H31N3O5. The van der Waals surface area contributed by atoms with Crippen LogP contribution >= 0.6 is 0 Å². The van der Waals surface area contributed by atoms with Gasteiger partial charge >= 0.3 is 0 Å². The van der Waals surface area contributed by atoms with E-state index in [0.29, 0.717) is 34.2 Å². The minimum Gasteiger partial charge on any atom is -0.493 e. The maximum absolute atomic E-state index is 13.9. The van der Waals surface area contributed by atoms with Gasteiger partial charge in [-0.1, -0.05) is 54.1 Å². The first-order chi connectivity index (χ1) is 20.8. The standard InChI is InChI=1S/C35H31N3O5/c1-20-12-14-23(15-13-20)26-10-7-11-27-32(26)33-31(21(2)36-33)35(40)38(27)25-9-6-8-22(16-25)17-30(39)37-24-18-28(41-3)34(43-5)29(19-24)42-4/h6-16,18-19H,17H2,1-5H3,(H,37,39). The van der Waals surface area contributed by atoms with Gasteiger partial charge in [-0.05, 0) is 48.7 Å². The number of carbonyl (C=O) groups excluding carboxylic acids is 1. The Kier molecular flexibility index (Phi) is 7.19. The molecule has 0 fully saturated rings. The second-order valence-electron chi connectivity index (χ2n) is 10.4. The Morgan fingerprint density at radius 1 is 0.860 bits per heavy atom. The molecule has 0 aliphatic carbocycles. The Morgan fingerprint density at radius 3 is 2.21 bits per heavy atom. The number of carbonyl (C=O) groups is 1. The van der Waals surface area contributed by atoms with Gasteiger partial charge in [-0.25, -0.2) is 0 Å². The highest BCUT2D eigenvalue weighted by Gasteiger charge is 2.27. The van der Waals surface area contributed by atoms with Crippen LogP contribution in [0.1, 0.15) is 23.6 Å². The van der Waals surface area contributed by atoms with Crippen LogP contribution in [0.3, 0.4) is 0 Å². The van der Waals surface area contributed by atoms with Crippen molar-refractivity contribution in [2.24, 2.45) is 4.99 Å². The highest BCUT2D eigenvalue weighted by Crippen LogP contribution is 2.42. The molecule has 0 bridgehead atoms. The zero-order chi connectivity index (χ0) is 30.2. The number of amides is 1. The highest BCUT2D eigenvalue weighted by molar-refractivity contribution is 6.20. The molecule has 1 N–H and O–H groups in total. The molecule has 0 unspecified atom stereocenters. The molecule has 8 nitrogen and oxygen atoms in total. The maximum atomic E-state index is 13.9. The number of pyridine rings is 1. The smallest absolute Gasteiger partial charge is 0.266 e. The lowest BCUT2D eigenvalue weighted by Gasteiger charge is -2.23. The molecule has 8 heteroatoms. The number of rotatable bonds is 8. The summed E-state index contributed by atoms with van der Waals surface area (Å²) < 4.78 is 17.9. The normalized spacial score (nSPS) is 11.8. The molecule has 1 amide bonds. The number of aryl methyl sites for hydroxylation is 1. The van der Waals surface area contributed by atoms with E-state index < -0.39 is 0 Å². The molecule has 0 atom stereocenters. The lowest BCUT2D eigenvalue weighted by molar-refractivity contribution is -0.115. The van der Waals surface area contributed by atoms with Crippen LogP contribution in [0.2, 0.25) is 0 Å². The molecule has 1 aliphatic rings. The fourth-order valence-corrected chi connectivity index (χ4v) is 5.61. The van der Waals surface area contributed by atoms with Crippen molar-refractivity contribution >= 4 is 33.9 Å². The monoisotopic (exact) mass is 573 g/mol. The first-order valence-corrected chi connectivity index (χ1v) is 13.9. The van der Waals surface area contributed by atoms with E-state index in [1.54, 1.807) is 16.7 Å². The van der Waals surface area contributed by atoms with Gasteiger partial charge in [0.25, 0.3) is 5.56 Å². The topological polar surface area (TPSA) is 91.2 Å². The van der Waals surface area contributed by atoms with Crippen molar-refractivity contribution in [3.63, 3.8) is 0 Å². The Bertz CT molecular complexity index is 1970. The predicted molar refractivity (Wildman–Crippen MR) is 170 cm³/mol. The second-order valence-corrected chi connectivity index (χ2v) is 10.4. The molecule has 1 aromatic heterocycles. The summed E-state index contributed by atoms with van der Waals surface area (Å²) in [5.41, 5.74) is 7.89. The summed E-state index contributed by atoms with van der Waals surface area (Å²) in [6.07, 6.45) is 0.0945. The number of hydrogen-bond acceptors (Lipinski definition) is 6. The summed E-state index contributed by atoms with van der Waals surface area (Å²) in [5, 5.41) is 3.84. The van der Waals surface area contributed by atoms with Gasteiger partial charge in [-0.2, -0.15) is 0 Å². The van der Waals surface area contributed by atoms with Crippen LogP contribution in [0, 0.1) is 6.92 Å². The van der Waals surface area contributed by atoms with Crippen molar-refractivity contribution < 1.29 is 19.0 Å². The minimum atomic E-state index is -0.231. The largest absolute Gasteiger partial charge is 0.493 e. The zero-order valence-electron chi connectivity index (χ0n) is 24.6. The van der Waals surface area contributed by atoms with Crippen LogP contribution in [-0.4, -0.2) is 37.5 Å². The molecule has 0 saturated heterocycles. The Balaban J connectivity index is 1.38. The fraction of sp³-hybridized carbons (Fsp3) is 0.171. The van der Waals surface area contributed by atoms with E-state index in [0.717, 1.165) is 39.0 Å². The molecule has 4 aromatic carbocycles. The number of anilines is 1. The number of aliphatic imine (C=N–C) groups is 1. The molecule has 216 valence electrons. The Morgan fingerprint density at radius 2 is 1.56 bits per heavy atom. The third kappa shape index (κ3) is 4.91. The lowest BCUT2D eigenvalue weighted by atomic mass is 9.93. The van der Waals surface area contributed by atoms with Gasteiger partial charge in [-0.15, -0.1) is 0 Å². The van der Waals surface area contributed by atoms with E-state index in [9.17, 15) is 9.59 Å². The van der Waals surface area contributed by atoms with Crippen molar-refractivity contribution in [2.45, 2.75) is 20.3 Å². The average Bonchev–Trinajstić information content (AvgIpc) is 2.99. The van der Waals surface area contributed by atoms with E-state index in [2.05, 4.69) is 47.6 Å². The van der Waals surface area contributed by atoms with E-state index in [1.165, 1.54) is 26.9 Å². The average molecular weight is 574 g/mol. The fourth-order valence-electron chi connectivity index (χ4n) is 5.61. The Labute approximate surface area is 249 Å². The van der Waals surface area contributed by atoms with E-state index >= 15 is 0 Å². The second kappa shape index (κ2) is 11.1. The number of hydrogen-bond donors (Lipinski definition) is 1. The number of nitrogens with one attached hydrogen (secondary N) is 1. The SMILES string of the molecule is COc1cc(NC(=O)Cc2cccc(-n3c(=O)c4c(c5c(-c6ccc(C)cc6)cccc53)N=C4C)c2)cc(OC)c1OC. The minimum absolute atomic E-state index is 0.0945. The van der Waals surface area contributed by atoms with Crippen LogP contribution in [-0.2, 0) is 11.2 Å². The van der Waals surface area contributed by atoms with Crippen molar-refractivity contribution in [1.29, 1.82) is 0 Å². The summed E-state index contributed by atoms with van der Waals surface area (Å²) in [6, 6.07) is 25.2. The van der Waals surface area contributed by atoms with E-state index in [1.807, 2.05) is 43.3 Å². The zero-order valence-corrected chi connectivity index (χ0v) is 24.6. The molecule has 1 aliphatic heterocycles. The molecule has 43 heavy (non-hydrogen) atoms. The van der Waals surface area contributed by atoms with E-state index in [4.69, 9.17) is 14.2 Å². The summed E-state index contributed by atoms with van der Waals surface area (Å²) in [4.78, 5) is 31.7. The van der Waals surface area contributed by atoms with Gasteiger partial charge in [0, 0.05) is 28.9 Å². The summed E-state index contributed by atoms with van der Waals surface area (Å²) in [5.74, 6) is 1.09. The van der Waals surface area contributed by atoms with Crippen molar-refractivity contribution in [3.05, 3.63) is 106 Å². The van der Waals surface area contributed by atoms with Crippen LogP contribution in [0.15, 0.2) is 88.6 Å². The van der Waals surface area contributed by atoms with Gasteiger partial charge in [-0.3, -0.25) is 19.1 Å². The third-order valence-electron chi connectivity index (χ3n) is 7.66. The van der Waals surface area contributed by atoms with Crippen molar-refractivity contribution in [2.75, 3.05) is 26.6 Å². The number of benzene rings is 4. The summed E-state index contributed by atoms with van der Waals surface area (Å²) in [6.45, 7) is 3.92. The first-order valence-electron chi connectivity index (χ1n) is 13.9. The number of nitrogens with zero attached hydrogens (tertiary/aromatic N) is 2. The molecule has 0 spiro atoms. The quantitative estimate of drug-likeness (QED) is 0.225.